The van der Waals surface area contributed by atoms with Crippen LogP contribution in [0, 0.1) is 0 Å². The SMILES string of the molecule is CCCN1CCC2(CC1)Oc1ccccc1[C@@H]1CC(c3ccc4c(c3)OCO4)=NN12. The highest BCUT2D eigenvalue weighted by atomic mass is 16.7. The maximum absolute atomic E-state index is 6.71. The van der Waals surface area contributed by atoms with Gasteiger partial charge in [-0.15, -0.1) is 0 Å². The van der Waals surface area contributed by atoms with Crippen molar-refractivity contribution in [1.29, 1.82) is 0 Å². The summed E-state index contributed by atoms with van der Waals surface area (Å²) in [4.78, 5) is 2.54. The minimum absolute atomic E-state index is 0.216. The predicted octanol–water partition coefficient (Wildman–Crippen LogP) is 4.16. The molecular formula is C24H27N3O3. The third kappa shape index (κ3) is 2.77. The highest BCUT2D eigenvalue weighted by molar-refractivity contribution is 6.02. The Labute approximate surface area is 177 Å². The van der Waals surface area contributed by atoms with E-state index in [0.29, 0.717) is 6.79 Å². The molecule has 6 nitrogen and oxygen atoms in total. The lowest BCUT2D eigenvalue weighted by molar-refractivity contribution is -0.149. The van der Waals surface area contributed by atoms with Gasteiger partial charge < -0.3 is 19.1 Å². The van der Waals surface area contributed by atoms with E-state index in [1.807, 2.05) is 6.07 Å². The first-order chi connectivity index (χ1) is 14.8. The number of hydrogen-bond donors (Lipinski definition) is 0. The molecule has 0 bridgehead atoms. The van der Waals surface area contributed by atoms with E-state index >= 15 is 0 Å². The Morgan fingerprint density at radius 2 is 1.87 bits per heavy atom. The molecule has 0 unspecified atom stereocenters. The lowest BCUT2D eigenvalue weighted by Crippen LogP contribution is -2.59. The van der Waals surface area contributed by atoms with Crippen molar-refractivity contribution in [2.24, 2.45) is 5.10 Å². The van der Waals surface area contributed by atoms with Crippen LogP contribution in [-0.2, 0) is 0 Å². The quantitative estimate of drug-likeness (QED) is 0.767. The largest absolute Gasteiger partial charge is 0.466 e. The van der Waals surface area contributed by atoms with E-state index in [4.69, 9.17) is 19.3 Å². The molecule has 0 radical (unpaired) electrons. The highest BCUT2D eigenvalue weighted by Crippen LogP contribution is 2.50. The number of likely N-dealkylation sites (tertiary alicyclic amines) is 1. The molecule has 156 valence electrons. The molecule has 30 heavy (non-hydrogen) atoms. The molecule has 0 aliphatic carbocycles. The molecule has 1 fully saturated rings. The van der Waals surface area contributed by atoms with E-state index in [2.05, 4.69) is 53.2 Å². The van der Waals surface area contributed by atoms with Crippen molar-refractivity contribution < 1.29 is 14.2 Å². The van der Waals surface area contributed by atoms with Crippen molar-refractivity contribution in [2.75, 3.05) is 26.4 Å². The number of fused-ring (bicyclic) bond motifs is 5. The third-order valence-corrected chi connectivity index (χ3v) is 6.79. The van der Waals surface area contributed by atoms with Crippen molar-refractivity contribution >= 4 is 5.71 Å². The van der Waals surface area contributed by atoms with Gasteiger partial charge in [-0.2, -0.15) is 5.10 Å². The number of hydrazone groups is 1. The molecule has 1 saturated heterocycles. The molecule has 1 atom stereocenters. The molecule has 6 heteroatoms. The Hall–Kier alpha value is -2.73. The lowest BCUT2D eigenvalue weighted by Gasteiger charge is -2.51. The summed E-state index contributed by atoms with van der Waals surface area (Å²) in [5.74, 6) is 2.63. The number of ether oxygens (including phenoxy) is 3. The second-order valence-corrected chi connectivity index (χ2v) is 8.61. The van der Waals surface area contributed by atoms with Crippen molar-refractivity contribution in [3.8, 4) is 17.2 Å². The summed E-state index contributed by atoms with van der Waals surface area (Å²) < 4.78 is 17.8. The van der Waals surface area contributed by atoms with Crippen molar-refractivity contribution in [3.63, 3.8) is 0 Å². The zero-order valence-electron chi connectivity index (χ0n) is 17.3. The third-order valence-electron chi connectivity index (χ3n) is 6.79. The van der Waals surface area contributed by atoms with Gasteiger partial charge in [-0.1, -0.05) is 25.1 Å². The van der Waals surface area contributed by atoms with Crippen LogP contribution in [0.5, 0.6) is 17.2 Å². The predicted molar refractivity (Wildman–Crippen MR) is 114 cm³/mol. The highest BCUT2D eigenvalue weighted by Gasteiger charge is 2.51. The van der Waals surface area contributed by atoms with Gasteiger partial charge in [0.05, 0.1) is 11.8 Å². The van der Waals surface area contributed by atoms with Crippen LogP contribution in [0.25, 0.3) is 0 Å². The van der Waals surface area contributed by atoms with Crippen molar-refractivity contribution in [2.45, 2.75) is 44.4 Å². The summed E-state index contributed by atoms with van der Waals surface area (Å²) in [5, 5.41) is 7.44. The van der Waals surface area contributed by atoms with Crippen LogP contribution in [-0.4, -0.2) is 47.8 Å². The molecule has 4 heterocycles. The molecule has 1 spiro atoms. The first kappa shape index (κ1) is 18.1. The Morgan fingerprint density at radius 3 is 2.73 bits per heavy atom. The van der Waals surface area contributed by atoms with Gasteiger partial charge in [0.2, 0.25) is 12.5 Å². The van der Waals surface area contributed by atoms with E-state index in [1.165, 1.54) is 12.0 Å². The van der Waals surface area contributed by atoms with Gasteiger partial charge in [0, 0.05) is 43.5 Å². The first-order valence-electron chi connectivity index (χ1n) is 11.0. The van der Waals surface area contributed by atoms with Crippen LogP contribution >= 0.6 is 0 Å². The van der Waals surface area contributed by atoms with Crippen LogP contribution in [0.3, 0.4) is 0 Å². The molecule has 4 aliphatic rings. The number of rotatable bonds is 3. The monoisotopic (exact) mass is 405 g/mol. The van der Waals surface area contributed by atoms with Gasteiger partial charge in [0.1, 0.15) is 5.75 Å². The number of benzene rings is 2. The van der Waals surface area contributed by atoms with Gasteiger partial charge in [-0.3, -0.25) is 0 Å². The Balaban J connectivity index is 1.36. The van der Waals surface area contributed by atoms with Gasteiger partial charge in [-0.05, 0) is 37.2 Å². The number of hydrogen-bond acceptors (Lipinski definition) is 6. The second kappa shape index (κ2) is 6.91. The summed E-state index contributed by atoms with van der Waals surface area (Å²) in [6.45, 7) is 5.79. The first-order valence-corrected chi connectivity index (χ1v) is 11.0. The van der Waals surface area contributed by atoms with E-state index < -0.39 is 0 Å². The molecule has 2 aromatic carbocycles. The van der Waals surface area contributed by atoms with Crippen LogP contribution < -0.4 is 14.2 Å². The lowest BCUT2D eigenvalue weighted by atomic mass is 9.90. The number of piperidine rings is 1. The molecule has 0 amide bonds. The van der Waals surface area contributed by atoms with Gasteiger partial charge >= 0.3 is 0 Å². The van der Waals surface area contributed by atoms with Crippen LogP contribution in [0.4, 0.5) is 0 Å². The summed E-state index contributed by atoms with van der Waals surface area (Å²) in [7, 11) is 0. The second-order valence-electron chi connectivity index (χ2n) is 8.61. The van der Waals surface area contributed by atoms with Crippen LogP contribution in [0.1, 0.15) is 49.8 Å². The fourth-order valence-corrected chi connectivity index (χ4v) is 5.25. The van der Waals surface area contributed by atoms with E-state index in [1.54, 1.807) is 0 Å². The fraction of sp³-hybridized carbons (Fsp3) is 0.458. The minimum atomic E-state index is -0.360. The maximum Gasteiger partial charge on any atom is 0.231 e. The van der Waals surface area contributed by atoms with E-state index in [9.17, 15) is 0 Å². The standard InChI is InChI=1S/C24H27N3O3/c1-2-11-26-12-9-24(10-13-26)27-20(18-5-3-4-6-21(18)30-24)15-19(25-27)17-7-8-22-23(14-17)29-16-28-22/h3-8,14,20H,2,9-13,15-16H2,1H3/t20-/m0/s1. The number of para-hydroxylation sites is 1. The summed E-state index contributed by atoms with van der Waals surface area (Å²) in [6, 6.07) is 14.8. The minimum Gasteiger partial charge on any atom is -0.466 e. The fourth-order valence-electron chi connectivity index (χ4n) is 5.25. The summed E-state index contributed by atoms with van der Waals surface area (Å²) in [5.41, 5.74) is 3.07. The molecular weight excluding hydrogens is 378 g/mol. The van der Waals surface area contributed by atoms with Crippen LogP contribution in [0.15, 0.2) is 47.6 Å². The Kier molecular flexibility index (Phi) is 4.16. The van der Waals surface area contributed by atoms with Gasteiger partial charge in [-0.25, -0.2) is 5.01 Å². The summed E-state index contributed by atoms with van der Waals surface area (Å²) in [6.07, 6.45) is 4.00. The maximum atomic E-state index is 6.71. The Morgan fingerprint density at radius 1 is 1.03 bits per heavy atom. The van der Waals surface area contributed by atoms with Crippen LogP contribution in [0.2, 0.25) is 0 Å². The average molecular weight is 405 g/mol. The molecule has 0 aromatic heterocycles. The van der Waals surface area contributed by atoms with Crippen molar-refractivity contribution in [1.82, 2.24) is 9.91 Å². The zero-order valence-corrected chi connectivity index (χ0v) is 17.3. The molecule has 6 rings (SSSR count). The smallest absolute Gasteiger partial charge is 0.231 e. The van der Waals surface area contributed by atoms with Gasteiger partial charge in [0.25, 0.3) is 0 Å². The van der Waals surface area contributed by atoms with E-state index in [-0.39, 0.29) is 11.8 Å². The van der Waals surface area contributed by atoms with Gasteiger partial charge in [0.15, 0.2) is 11.5 Å². The number of nitrogens with zero attached hydrogens (tertiary/aromatic N) is 3. The zero-order chi connectivity index (χ0) is 20.1. The topological polar surface area (TPSA) is 46.5 Å². The molecule has 0 saturated carbocycles. The summed E-state index contributed by atoms with van der Waals surface area (Å²) >= 11 is 0. The van der Waals surface area contributed by atoms with Crippen molar-refractivity contribution in [3.05, 3.63) is 53.6 Å². The van der Waals surface area contributed by atoms with E-state index in [0.717, 1.165) is 67.4 Å². The molecule has 0 N–H and O–H groups in total. The molecule has 2 aromatic rings. The normalized spacial score (nSPS) is 23.7. The Bertz CT molecular complexity index is 997. The molecule has 4 aliphatic heterocycles. The average Bonchev–Trinajstić information content (AvgIpc) is 3.43.